The standard InChI is InChI=1S/C18H30N4O8S/c1-9(23)14(17(28)21-12(18(29)30)8-13(24)25)22-16(27)11(5-7-31-2)20-15(26)10-4-3-6-19-10/h9-12,14,19,23H,3-8H2,1-2H3,(H,20,26)(H,21,28)(H,22,27)(H,24,25)(H,29,30). The van der Waals surface area contributed by atoms with Crippen molar-refractivity contribution < 1.29 is 39.3 Å². The second kappa shape index (κ2) is 13.1. The molecule has 0 aromatic heterocycles. The van der Waals surface area contributed by atoms with E-state index in [-0.39, 0.29) is 12.3 Å². The van der Waals surface area contributed by atoms with Gasteiger partial charge in [-0.1, -0.05) is 0 Å². The second-order valence-electron chi connectivity index (χ2n) is 7.22. The van der Waals surface area contributed by atoms with Gasteiger partial charge in [-0.15, -0.1) is 0 Å². The van der Waals surface area contributed by atoms with Crippen LogP contribution < -0.4 is 21.3 Å². The predicted octanol–water partition coefficient (Wildman–Crippen LogP) is -2.11. The Morgan fingerprint density at radius 2 is 1.74 bits per heavy atom. The second-order valence-corrected chi connectivity index (χ2v) is 8.20. The zero-order valence-electron chi connectivity index (χ0n) is 17.4. The van der Waals surface area contributed by atoms with Gasteiger partial charge >= 0.3 is 11.9 Å². The minimum absolute atomic E-state index is 0.274. The van der Waals surface area contributed by atoms with Gasteiger partial charge in [0, 0.05) is 0 Å². The van der Waals surface area contributed by atoms with Crippen LogP contribution in [0.2, 0.25) is 0 Å². The first-order valence-corrected chi connectivity index (χ1v) is 11.2. The average Bonchev–Trinajstić information content (AvgIpc) is 3.22. The van der Waals surface area contributed by atoms with Crippen LogP contribution in [0.4, 0.5) is 0 Å². The van der Waals surface area contributed by atoms with E-state index in [0.717, 1.165) is 6.42 Å². The van der Waals surface area contributed by atoms with Crippen molar-refractivity contribution in [3.05, 3.63) is 0 Å². The Morgan fingerprint density at radius 3 is 2.23 bits per heavy atom. The number of nitrogens with one attached hydrogen (secondary N) is 4. The molecular weight excluding hydrogens is 432 g/mol. The van der Waals surface area contributed by atoms with Gasteiger partial charge in [-0.2, -0.15) is 11.8 Å². The normalized spacial score (nSPS) is 19.5. The highest BCUT2D eigenvalue weighted by Crippen LogP contribution is 2.08. The number of carbonyl (C=O) groups is 5. The van der Waals surface area contributed by atoms with E-state index in [2.05, 4.69) is 16.0 Å². The molecule has 176 valence electrons. The van der Waals surface area contributed by atoms with E-state index in [4.69, 9.17) is 10.2 Å². The summed E-state index contributed by atoms with van der Waals surface area (Å²) in [5.74, 6) is -4.58. The van der Waals surface area contributed by atoms with Crippen LogP contribution in [0.5, 0.6) is 0 Å². The average molecular weight is 463 g/mol. The smallest absolute Gasteiger partial charge is 0.326 e. The van der Waals surface area contributed by atoms with Crippen LogP contribution in [0.25, 0.3) is 0 Å². The van der Waals surface area contributed by atoms with Crippen molar-refractivity contribution in [3.63, 3.8) is 0 Å². The van der Waals surface area contributed by atoms with E-state index in [1.807, 2.05) is 11.6 Å². The Bertz CT molecular complexity index is 669. The number of aliphatic hydroxyl groups is 1. The van der Waals surface area contributed by atoms with Crippen molar-refractivity contribution in [1.29, 1.82) is 0 Å². The van der Waals surface area contributed by atoms with Crippen molar-refractivity contribution >= 4 is 41.4 Å². The van der Waals surface area contributed by atoms with Crippen molar-refractivity contribution in [2.24, 2.45) is 0 Å². The maximum absolute atomic E-state index is 12.8. The zero-order valence-corrected chi connectivity index (χ0v) is 18.2. The predicted molar refractivity (Wildman–Crippen MR) is 111 cm³/mol. The van der Waals surface area contributed by atoms with Gasteiger partial charge in [-0.3, -0.25) is 19.2 Å². The lowest BCUT2D eigenvalue weighted by molar-refractivity contribution is -0.148. The monoisotopic (exact) mass is 462 g/mol. The molecule has 31 heavy (non-hydrogen) atoms. The molecule has 0 aliphatic carbocycles. The Balaban J connectivity index is 2.86. The van der Waals surface area contributed by atoms with Crippen LogP contribution >= 0.6 is 11.8 Å². The fourth-order valence-corrected chi connectivity index (χ4v) is 3.45. The fourth-order valence-electron chi connectivity index (χ4n) is 2.98. The molecule has 7 N–H and O–H groups in total. The molecule has 1 heterocycles. The van der Waals surface area contributed by atoms with Gasteiger partial charge in [0.05, 0.1) is 18.6 Å². The quantitative estimate of drug-likeness (QED) is 0.159. The molecule has 1 aliphatic rings. The van der Waals surface area contributed by atoms with E-state index in [0.29, 0.717) is 18.7 Å². The first-order chi connectivity index (χ1) is 14.6. The molecule has 3 amide bonds. The first-order valence-electron chi connectivity index (χ1n) is 9.82. The summed E-state index contributed by atoms with van der Waals surface area (Å²) in [4.78, 5) is 59.6. The maximum atomic E-state index is 12.8. The Labute approximate surface area is 183 Å². The van der Waals surface area contributed by atoms with Crippen LogP contribution in [-0.2, 0) is 24.0 Å². The summed E-state index contributed by atoms with van der Waals surface area (Å²) in [6.07, 6.45) is 1.30. The molecule has 1 saturated heterocycles. The summed E-state index contributed by atoms with van der Waals surface area (Å²) in [6, 6.07) is -4.65. The van der Waals surface area contributed by atoms with Crippen molar-refractivity contribution in [1.82, 2.24) is 21.3 Å². The van der Waals surface area contributed by atoms with Gasteiger partial charge in [0.25, 0.3) is 0 Å². The summed E-state index contributed by atoms with van der Waals surface area (Å²) in [7, 11) is 0. The highest BCUT2D eigenvalue weighted by molar-refractivity contribution is 7.98. The third-order valence-electron chi connectivity index (χ3n) is 4.68. The highest BCUT2D eigenvalue weighted by Gasteiger charge is 2.33. The fraction of sp³-hybridized carbons (Fsp3) is 0.722. The number of carboxylic acids is 2. The lowest BCUT2D eigenvalue weighted by Gasteiger charge is -2.26. The molecule has 0 saturated carbocycles. The number of carbonyl (C=O) groups excluding carboxylic acids is 3. The minimum atomic E-state index is -1.73. The van der Waals surface area contributed by atoms with E-state index >= 15 is 0 Å². The van der Waals surface area contributed by atoms with Gasteiger partial charge in [0.2, 0.25) is 17.7 Å². The van der Waals surface area contributed by atoms with Gasteiger partial charge in [-0.25, -0.2) is 4.79 Å². The van der Waals surface area contributed by atoms with Crippen molar-refractivity contribution in [2.75, 3.05) is 18.6 Å². The maximum Gasteiger partial charge on any atom is 0.326 e. The van der Waals surface area contributed by atoms with Crippen LogP contribution in [0.15, 0.2) is 0 Å². The number of rotatable bonds is 13. The van der Waals surface area contributed by atoms with Gasteiger partial charge in [0.1, 0.15) is 18.1 Å². The number of amides is 3. The number of thioether (sulfide) groups is 1. The largest absolute Gasteiger partial charge is 0.481 e. The van der Waals surface area contributed by atoms with Gasteiger partial charge in [0.15, 0.2) is 0 Å². The molecule has 1 fully saturated rings. The van der Waals surface area contributed by atoms with Crippen molar-refractivity contribution in [2.45, 2.75) is 62.9 Å². The summed E-state index contributed by atoms with van der Waals surface area (Å²) < 4.78 is 0. The Kier molecular flexibility index (Phi) is 11.3. The number of hydrogen-bond acceptors (Lipinski definition) is 8. The Hall–Kier alpha value is -2.38. The lowest BCUT2D eigenvalue weighted by Crippen LogP contribution is -2.60. The number of aliphatic carboxylic acids is 2. The third-order valence-corrected chi connectivity index (χ3v) is 5.32. The molecule has 0 radical (unpaired) electrons. The van der Waals surface area contributed by atoms with Crippen LogP contribution in [0, 0.1) is 0 Å². The lowest BCUT2D eigenvalue weighted by atomic mass is 10.1. The van der Waals surface area contributed by atoms with E-state index in [1.165, 1.54) is 18.7 Å². The minimum Gasteiger partial charge on any atom is -0.481 e. The summed E-state index contributed by atoms with van der Waals surface area (Å²) >= 11 is 1.46. The molecule has 5 atom stereocenters. The number of hydrogen-bond donors (Lipinski definition) is 7. The Morgan fingerprint density at radius 1 is 1.06 bits per heavy atom. The molecule has 0 bridgehead atoms. The highest BCUT2D eigenvalue weighted by atomic mass is 32.2. The van der Waals surface area contributed by atoms with Gasteiger partial charge < -0.3 is 36.6 Å². The van der Waals surface area contributed by atoms with E-state index < -0.39 is 60.4 Å². The molecule has 0 spiro atoms. The molecule has 13 heteroatoms. The molecule has 5 unspecified atom stereocenters. The molecular formula is C18H30N4O8S. The van der Waals surface area contributed by atoms with Crippen LogP contribution in [-0.4, -0.2) is 93.8 Å². The van der Waals surface area contributed by atoms with E-state index in [9.17, 15) is 29.1 Å². The number of aliphatic hydroxyl groups excluding tert-OH is 1. The molecule has 0 aromatic carbocycles. The third kappa shape index (κ3) is 9.11. The first kappa shape index (κ1) is 26.7. The zero-order chi connectivity index (χ0) is 23.6. The van der Waals surface area contributed by atoms with Gasteiger partial charge in [-0.05, 0) is 44.7 Å². The van der Waals surface area contributed by atoms with Crippen LogP contribution in [0.3, 0.4) is 0 Å². The van der Waals surface area contributed by atoms with E-state index in [1.54, 1.807) is 0 Å². The molecule has 1 aliphatic heterocycles. The summed E-state index contributed by atoms with van der Waals surface area (Å²) in [5.41, 5.74) is 0. The summed E-state index contributed by atoms with van der Waals surface area (Å²) in [6.45, 7) is 1.92. The summed E-state index contributed by atoms with van der Waals surface area (Å²) in [5, 5.41) is 37.8. The van der Waals surface area contributed by atoms with Crippen LogP contribution in [0.1, 0.15) is 32.6 Å². The molecule has 1 rings (SSSR count). The number of carboxylic acid groups (broad SMARTS) is 2. The molecule has 0 aromatic rings. The molecule has 12 nitrogen and oxygen atoms in total. The SMILES string of the molecule is CSCCC(NC(=O)C1CCCN1)C(=O)NC(C(=O)NC(CC(=O)O)C(=O)O)C(C)O. The van der Waals surface area contributed by atoms with Crippen molar-refractivity contribution in [3.8, 4) is 0 Å². The topological polar surface area (TPSA) is 194 Å².